The second-order valence-electron chi connectivity index (χ2n) is 8.37. The van der Waals surface area contributed by atoms with Crippen LogP contribution in [0.1, 0.15) is 42.9 Å². The molecule has 6 heteroatoms. The molecule has 1 amide bonds. The summed E-state index contributed by atoms with van der Waals surface area (Å²) in [5.74, 6) is -1.35. The zero-order chi connectivity index (χ0) is 21.7. The maximum atomic E-state index is 13.2. The van der Waals surface area contributed by atoms with E-state index in [1.807, 2.05) is 42.1 Å². The van der Waals surface area contributed by atoms with Gasteiger partial charge in [0, 0.05) is 46.3 Å². The molecule has 158 valence electrons. The maximum Gasteiger partial charge on any atom is 0.295 e. The minimum absolute atomic E-state index is 0.00919. The van der Waals surface area contributed by atoms with Gasteiger partial charge < -0.3 is 14.6 Å². The van der Waals surface area contributed by atoms with Crippen LogP contribution in [0.5, 0.6) is 0 Å². The van der Waals surface area contributed by atoms with Crippen molar-refractivity contribution in [2.24, 2.45) is 7.05 Å². The van der Waals surface area contributed by atoms with Crippen LogP contribution < -0.4 is 0 Å². The Bertz CT molecular complexity index is 1240. The fourth-order valence-corrected chi connectivity index (χ4v) is 5.29. The van der Waals surface area contributed by atoms with Crippen LogP contribution in [0.4, 0.5) is 0 Å². The number of nitrogens with zero attached hydrogens (tertiary/aromatic N) is 2. The van der Waals surface area contributed by atoms with Crippen LogP contribution in [0.2, 0.25) is 5.02 Å². The van der Waals surface area contributed by atoms with Gasteiger partial charge in [0.2, 0.25) is 0 Å². The Morgan fingerprint density at radius 2 is 1.81 bits per heavy atom. The molecule has 1 N–H and O–H groups in total. The smallest absolute Gasteiger partial charge is 0.295 e. The number of benzene rings is 2. The normalized spacial score (nSPS) is 21.5. The van der Waals surface area contributed by atoms with Gasteiger partial charge in [-0.1, -0.05) is 54.8 Å². The van der Waals surface area contributed by atoms with E-state index in [1.54, 1.807) is 29.2 Å². The molecule has 0 radical (unpaired) electrons. The molecular formula is C25H23ClN2O3. The molecule has 31 heavy (non-hydrogen) atoms. The van der Waals surface area contributed by atoms with Crippen LogP contribution in [0.3, 0.4) is 0 Å². The number of aryl methyl sites for hydroxylation is 1. The van der Waals surface area contributed by atoms with Crippen molar-refractivity contribution in [3.05, 3.63) is 76.5 Å². The minimum Gasteiger partial charge on any atom is -0.507 e. The average Bonchev–Trinajstić information content (AvgIpc) is 3.46. The number of hydrogen-bond acceptors (Lipinski definition) is 3. The lowest BCUT2D eigenvalue weighted by molar-refractivity contribution is -0.141. The molecule has 1 aliphatic heterocycles. The van der Waals surface area contributed by atoms with Gasteiger partial charge >= 0.3 is 0 Å². The van der Waals surface area contributed by atoms with E-state index in [4.69, 9.17) is 11.6 Å². The number of para-hydroxylation sites is 1. The number of aliphatic hydroxyl groups excluding tert-OH is 1. The third-order valence-electron chi connectivity index (χ3n) is 6.52. The number of rotatable bonds is 3. The first kappa shape index (κ1) is 19.9. The first-order chi connectivity index (χ1) is 15.0. The van der Waals surface area contributed by atoms with E-state index >= 15 is 0 Å². The van der Waals surface area contributed by atoms with E-state index in [0.717, 1.165) is 42.1 Å². The highest BCUT2D eigenvalue weighted by atomic mass is 35.5. The van der Waals surface area contributed by atoms with Crippen LogP contribution in [0.25, 0.3) is 16.7 Å². The van der Waals surface area contributed by atoms with Crippen molar-refractivity contribution in [3.63, 3.8) is 0 Å². The Morgan fingerprint density at radius 1 is 1.06 bits per heavy atom. The Kier molecular flexibility index (Phi) is 4.86. The number of aliphatic hydroxyl groups is 1. The van der Waals surface area contributed by atoms with Gasteiger partial charge in [0.25, 0.3) is 11.7 Å². The van der Waals surface area contributed by atoms with Gasteiger partial charge in [0.15, 0.2) is 0 Å². The molecule has 5 nitrogen and oxygen atoms in total. The zero-order valence-corrected chi connectivity index (χ0v) is 18.0. The van der Waals surface area contributed by atoms with Crippen LogP contribution >= 0.6 is 11.6 Å². The molecule has 2 heterocycles. The summed E-state index contributed by atoms with van der Waals surface area (Å²) in [7, 11) is 1.95. The molecule has 0 bridgehead atoms. The number of amides is 1. The summed E-state index contributed by atoms with van der Waals surface area (Å²) in [6, 6.07) is 14.0. The van der Waals surface area contributed by atoms with E-state index in [-0.39, 0.29) is 17.4 Å². The minimum atomic E-state index is -0.637. The number of hydrogen-bond donors (Lipinski definition) is 1. The van der Waals surface area contributed by atoms with E-state index < -0.39 is 17.7 Å². The molecule has 2 aromatic carbocycles. The van der Waals surface area contributed by atoms with Crippen LogP contribution in [0.15, 0.2) is 60.3 Å². The van der Waals surface area contributed by atoms with Crippen molar-refractivity contribution in [1.82, 2.24) is 9.47 Å². The number of Topliss-reactive ketones (excluding diaryl/α,β-unsaturated/α-hetero) is 1. The number of carbonyl (C=O) groups is 2. The van der Waals surface area contributed by atoms with Crippen LogP contribution in [0, 0.1) is 0 Å². The molecule has 5 rings (SSSR count). The third kappa shape index (κ3) is 3.15. The molecule has 1 aromatic heterocycles. The molecule has 1 saturated heterocycles. The summed E-state index contributed by atoms with van der Waals surface area (Å²) in [5.41, 5.74) is 2.43. The highest BCUT2D eigenvalue weighted by molar-refractivity contribution is 6.47. The molecular weight excluding hydrogens is 412 g/mol. The van der Waals surface area contributed by atoms with E-state index in [9.17, 15) is 14.7 Å². The van der Waals surface area contributed by atoms with Gasteiger partial charge in [-0.05, 0) is 31.0 Å². The fraction of sp³-hybridized carbons (Fsp3) is 0.280. The van der Waals surface area contributed by atoms with Crippen molar-refractivity contribution >= 4 is 40.0 Å². The number of aromatic nitrogens is 1. The maximum absolute atomic E-state index is 13.2. The summed E-state index contributed by atoms with van der Waals surface area (Å²) in [5, 5.41) is 12.6. The van der Waals surface area contributed by atoms with Crippen molar-refractivity contribution in [2.45, 2.75) is 37.8 Å². The number of halogens is 1. The largest absolute Gasteiger partial charge is 0.507 e. The van der Waals surface area contributed by atoms with Gasteiger partial charge in [0.1, 0.15) is 5.76 Å². The summed E-state index contributed by atoms with van der Waals surface area (Å²) in [4.78, 5) is 28.2. The van der Waals surface area contributed by atoms with Crippen molar-refractivity contribution in [1.29, 1.82) is 0 Å². The summed E-state index contributed by atoms with van der Waals surface area (Å²) in [6.45, 7) is 0. The van der Waals surface area contributed by atoms with Crippen molar-refractivity contribution < 1.29 is 14.7 Å². The first-order valence-electron chi connectivity index (χ1n) is 10.6. The number of ketones is 1. The second-order valence-corrected chi connectivity index (χ2v) is 8.80. The predicted molar refractivity (Wildman–Crippen MR) is 121 cm³/mol. The first-order valence-corrected chi connectivity index (χ1v) is 10.9. The number of carbonyl (C=O) groups excluding carboxylic acids is 2. The Morgan fingerprint density at radius 3 is 2.55 bits per heavy atom. The predicted octanol–water partition coefficient (Wildman–Crippen LogP) is 5.20. The van der Waals surface area contributed by atoms with E-state index in [1.165, 1.54) is 0 Å². The monoisotopic (exact) mass is 434 g/mol. The Hall–Kier alpha value is -3.05. The summed E-state index contributed by atoms with van der Waals surface area (Å²) in [6.07, 6.45) is 5.76. The molecule has 1 aliphatic carbocycles. The van der Waals surface area contributed by atoms with Gasteiger partial charge in [-0.25, -0.2) is 0 Å². The SMILES string of the molecule is Cn1cc(C2/C(=C(\O)c3cccc(Cl)c3)C(=O)C(=O)N2C2CCCC2)c2ccccc21. The molecule has 2 aliphatic rings. The zero-order valence-electron chi connectivity index (χ0n) is 17.2. The van der Waals surface area contributed by atoms with Gasteiger partial charge in [-0.3, -0.25) is 9.59 Å². The van der Waals surface area contributed by atoms with Gasteiger partial charge in [-0.15, -0.1) is 0 Å². The summed E-state index contributed by atoms with van der Waals surface area (Å²) >= 11 is 6.13. The van der Waals surface area contributed by atoms with Crippen molar-refractivity contribution in [3.8, 4) is 0 Å². The third-order valence-corrected chi connectivity index (χ3v) is 6.75. The lowest BCUT2D eigenvalue weighted by Gasteiger charge is -2.30. The molecule has 1 saturated carbocycles. The van der Waals surface area contributed by atoms with Gasteiger partial charge in [0.05, 0.1) is 11.6 Å². The molecule has 0 spiro atoms. The highest BCUT2D eigenvalue weighted by Crippen LogP contribution is 2.45. The number of fused-ring (bicyclic) bond motifs is 1. The van der Waals surface area contributed by atoms with E-state index in [0.29, 0.717) is 10.6 Å². The van der Waals surface area contributed by atoms with E-state index in [2.05, 4.69) is 0 Å². The fourth-order valence-electron chi connectivity index (χ4n) is 5.10. The highest BCUT2D eigenvalue weighted by Gasteiger charge is 2.49. The summed E-state index contributed by atoms with van der Waals surface area (Å²) < 4.78 is 2.00. The number of likely N-dealkylation sites (tertiary alicyclic amines) is 1. The van der Waals surface area contributed by atoms with Crippen LogP contribution in [-0.4, -0.2) is 32.3 Å². The quantitative estimate of drug-likeness (QED) is 0.350. The van der Waals surface area contributed by atoms with Crippen LogP contribution in [-0.2, 0) is 16.6 Å². The van der Waals surface area contributed by atoms with Gasteiger partial charge in [-0.2, -0.15) is 0 Å². The molecule has 1 atom stereocenters. The lowest BCUT2D eigenvalue weighted by atomic mass is 9.94. The molecule has 3 aromatic rings. The van der Waals surface area contributed by atoms with Crippen molar-refractivity contribution in [2.75, 3.05) is 0 Å². The molecule has 1 unspecified atom stereocenters. The second kappa shape index (κ2) is 7.57. The Labute approximate surface area is 185 Å². The standard InChI is InChI=1S/C25H23ClN2O3/c1-27-14-19(18-11-4-5-12-20(18)27)22-21(23(29)15-7-6-8-16(26)13-15)24(30)25(31)28(22)17-9-2-3-10-17/h4-8,11-14,17,22,29H,2-3,9-10H2,1H3/b23-21+. The lowest BCUT2D eigenvalue weighted by Crippen LogP contribution is -2.37. The Balaban J connectivity index is 1.77. The molecule has 2 fully saturated rings. The average molecular weight is 435 g/mol. The topological polar surface area (TPSA) is 62.5 Å².